The molecular weight excluding hydrogens is 270 g/mol. The average Bonchev–Trinajstić information content (AvgIpc) is 2.83. The second kappa shape index (κ2) is 6.87. The Balaban J connectivity index is 2.00. The van der Waals surface area contributed by atoms with Crippen LogP contribution in [0.2, 0.25) is 0 Å². The summed E-state index contributed by atoms with van der Waals surface area (Å²) in [6.07, 6.45) is 2.48. The number of aliphatic hydroxyl groups is 1. The topological polar surface area (TPSA) is 39.6 Å². The van der Waals surface area contributed by atoms with Crippen LogP contribution in [0.3, 0.4) is 0 Å². The van der Waals surface area contributed by atoms with Crippen LogP contribution in [-0.4, -0.2) is 48.7 Å². The Morgan fingerprint density at radius 3 is 2.45 bits per heavy atom. The first-order valence-corrected chi connectivity index (χ1v) is 8.33. The zero-order chi connectivity index (χ0) is 14.7. The maximum atomic E-state index is 9.47. The highest BCUT2D eigenvalue weighted by molar-refractivity contribution is 7.15. The number of aliphatic hydroxyl groups excluding tert-OH is 1. The Kier molecular flexibility index (Phi) is 5.41. The summed E-state index contributed by atoms with van der Waals surface area (Å²) in [6, 6.07) is 0. The third-order valence-corrected chi connectivity index (χ3v) is 5.03. The minimum absolute atomic E-state index is 0.113. The molecule has 1 aromatic rings. The van der Waals surface area contributed by atoms with E-state index < -0.39 is 0 Å². The number of aromatic nitrogens is 1. The SMILES string of the molecule is CC(C)c1nc(N2CCC(CN(C)C)CC2)sc1CO. The summed E-state index contributed by atoms with van der Waals surface area (Å²) >= 11 is 1.66. The van der Waals surface area contributed by atoms with Crippen molar-refractivity contribution in [3.63, 3.8) is 0 Å². The van der Waals surface area contributed by atoms with Gasteiger partial charge in [-0.2, -0.15) is 0 Å². The largest absolute Gasteiger partial charge is 0.391 e. The van der Waals surface area contributed by atoms with Gasteiger partial charge in [-0.15, -0.1) is 0 Å². The third kappa shape index (κ3) is 3.71. The summed E-state index contributed by atoms with van der Waals surface area (Å²) in [7, 11) is 4.30. The second-order valence-corrected chi connectivity index (χ2v) is 7.37. The monoisotopic (exact) mass is 297 g/mol. The fraction of sp³-hybridized carbons (Fsp3) is 0.800. The van der Waals surface area contributed by atoms with Crippen LogP contribution in [0, 0.1) is 5.92 Å². The molecule has 1 aromatic heterocycles. The number of anilines is 1. The molecule has 114 valence electrons. The lowest BCUT2D eigenvalue weighted by Gasteiger charge is -2.33. The molecule has 2 heterocycles. The quantitative estimate of drug-likeness (QED) is 0.906. The summed E-state index contributed by atoms with van der Waals surface area (Å²) in [4.78, 5) is 10.5. The van der Waals surface area contributed by atoms with Crippen LogP contribution in [0.1, 0.15) is 43.2 Å². The highest BCUT2D eigenvalue weighted by Gasteiger charge is 2.23. The van der Waals surface area contributed by atoms with E-state index in [2.05, 4.69) is 37.7 Å². The van der Waals surface area contributed by atoms with E-state index in [1.807, 2.05) is 0 Å². The van der Waals surface area contributed by atoms with Gasteiger partial charge in [-0.3, -0.25) is 0 Å². The molecule has 2 rings (SSSR count). The first kappa shape index (κ1) is 15.7. The van der Waals surface area contributed by atoms with Crippen molar-refractivity contribution < 1.29 is 5.11 Å². The van der Waals surface area contributed by atoms with Gasteiger partial charge in [0.1, 0.15) is 0 Å². The van der Waals surface area contributed by atoms with Crippen molar-refractivity contribution in [1.29, 1.82) is 0 Å². The molecule has 5 heteroatoms. The molecule has 4 nitrogen and oxygen atoms in total. The van der Waals surface area contributed by atoms with Gasteiger partial charge in [0.25, 0.3) is 0 Å². The molecule has 1 fully saturated rings. The van der Waals surface area contributed by atoms with Gasteiger partial charge in [0.15, 0.2) is 5.13 Å². The van der Waals surface area contributed by atoms with E-state index in [1.54, 1.807) is 11.3 Å². The summed E-state index contributed by atoms with van der Waals surface area (Å²) < 4.78 is 0. The summed E-state index contributed by atoms with van der Waals surface area (Å²) in [5, 5.41) is 10.6. The second-order valence-electron chi connectivity index (χ2n) is 6.31. The molecule has 0 aromatic carbocycles. The normalized spacial score (nSPS) is 17.4. The molecule has 1 N–H and O–H groups in total. The van der Waals surface area contributed by atoms with Crippen LogP contribution in [0.25, 0.3) is 0 Å². The van der Waals surface area contributed by atoms with Crippen LogP contribution in [-0.2, 0) is 6.61 Å². The molecule has 20 heavy (non-hydrogen) atoms. The van der Waals surface area contributed by atoms with E-state index in [4.69, 9.17) is 4.98 Å². The number of hydrogen-bond donors (Lipinski definition) is 1. The summed E-state index contributed by atoms with van der Waals surface area (Å²) in [6.45, 7) is 7.76. The standard InChI is InChI=1S/C15H27N3OS/c1-11(2)14-13(10-19)20-15(16-14)18-7-5-12(6-8-18)9-17(3)4/h11-12,19H,5-10H2,1-4H3. The third-order valence-electron chi connectivity index (χ3n) is 3.92. The van der Waals surface area contributed by atoms with Gasteiger partial charge < -0.3 is 14.9 Å². The van der Waals surface area contributed by atoms with E-state index in [1.165, 1.54) is 19.4 Å². The molecule has 0 unspecified atom stereocenters. The fourth-order valence-electron chi connectivity index (χ4n) is 2.87. The van der Waals surface area contributed by atoms with Crippen LogP contribution >= 0.6 is 11.3 Å². The molecule has 0 aliphatic carbocycles. The first-order chi connectivity index (χ1) is 9.51. The molecule has 0 saturated carbocycles. The first-order valence-electron chi connectivity index (χ1n) is 7.51. The van der Waals surface area contributed by atoms with Crippen molar-refractivity contribution in [3.8, 4) is 0 Å². The molecule has 1 aliphatic heterocycles. The van der Waals surface area contributed by atoms with E-state index in [0.29, 0.717) is 5.92 Å². The van der Waals surface area contributed by atoms with Crippen LogP contribution < -0.4 is 4.90 Å². The minimum Gasteiger partial charge on any atom is -0.391 e. The number of piperidine rings is 1. The van der Waals surface area contributed by atoms with Gasteiger partial charge in [0, 0.05) is 19.6 Å². The fourth-order valence-corrected chi connectivity index (χ4v) is 4.00. The lowest BCUT2D eigenvalue weighted by atomic mass is 9.97. The van der Waals surface area contributed by atoms with Gasteiger partial charge in [-0.1, -0.05) is 25.2 Å². The van der Waals surface area contributed by atoms with Crippen molar-refractivity contribution in [2.75, 3.05) is 38.6 Å². The van der Waals surface area contributed by atoms with Gasteiger partial charge in [0.05, 0.1) is 17.2 Å². The highest BCUT2D eigenvalue weighted by atomic mass is 32.1. The Morgan fingerprint density at radius 1 is 1.35 bits per heavy atom. The lowest BCUT2D eigenvalue weighted by molar-refractivity contribution is 0.283. The molecule has 0 spiro atoms. The van der Waals surface area contributed by atoms with E-state index in [9.17, 15) is 5.11 Å². The van der Waals surface area contributed by atoms with Gasteiger partial charge in [-0.05, 0) is 38.8 Å². The zero-order valence-corrected chi connectivity index (χ0v) is 13.9. The highest BCUT2D eigenvalue weighted by Crippen LogP contribution is 2.33. The Hall–Kier alpha value is -0.650. The average molecular weight is 297 g/mol. The molecule has 1 aliphatic rings. The molecule has 1 saturated heterocycles. The Bertz CT molecular complexity index is 423. The smallest absolute Gasteiger partial charge is 0.185 e. The maximum Gasteiger partial charge on any atom is 0.185 e. The van der Waals surface area contributed by atoms with Crippen molar-refractivity contribution in [3.05, 3.63) is 10.6 Å². The zero-order valence-electron chi connectivity index (χ0n) is 13.1. The van der Waals surface area contributed by atoms with Crippen LogP contribution in [0.4, 0.5) is 5.13 Å². The van der Waals surface area contributed by atoms with E-state index in [-0.39, 0.29) is 6.61 Å². The van der Waals surface area contributed by atoms with Crippen molar-refractivity contribution >= 4 is 16.5 Å². The van der Waals surface area contributed by atoms with Crippen molar-refractivity contribution in [1.82, 2.24) is 9.88 Å². The number of thiazole rings is 1. The maximum absolute atomic E-state index is 9.47. The summed E-state index contributed by atoms with van der Waals surface area (Å²) in [5.74, 6) is 1.19. The van der Waals surface area contributed by atoms with Crippen LogP contribution in [0.15, 0.2) is 0 Å². The number of rotatable bonds is 5. The van der Waals surface area contributed by atoms with Gasteiger partial charge >= 0.3 is 0 Å². The van der Waals surface area contributed by atoms with E-state index >= 15 is 0 Å². The molecule has 0 atom stereocenters. The summed E-state index contributed by atoms with van der Waals surface area (Å²) in [5.41, 5.74) is 1.07. The Morgan fingerprint density at radius 2 is 2.00 bits per heavy atom. The van der Waals surface area contributed by atoms with Crippen LogP contribution in [0.5, 0.6) is 0 Å². The molecule has 0 radical (unpaired) electrons. The minimum atomic E-state index is 0.113. The van der Waals surface area contributed by atoms with Crippen molar-refractivity contribution in [2.45, 2.75) is 39.2 Å². The predicted molar refractivity (Wildman–Crippen MR) is 85.6 cm³/mol. The predicted octanol–water partition coefficient (Wildman–Crippen LogP) is 2.54. The number of nitrogens with zero attached hydrogens (tertiary/aromatic N) is 3. The van der Waals surface area contributed by atoms with E-state index in [0.717, 1.165) is 34.7 Å². The molecule has 0 amide bonds. The number of hydrogen-bond acceptors (Lipinski definition) is 5. The molecular formula is C15H27N3OS. The van der Waals surface area contributed by atoms with Gasteiger partial charge in [-0.25, -0.2) is 4.98 Å². The van der Waals surface area contributed by atoms with Gasteiger partial charge in [0.2, 0.25) is 0 Å². The molecule has 0 bridgehead atoms. The Labute approximate surface area is 126 Å². The lowest BCUT2D eigenvalue weighted by Crippen LogP contribution is -2.37. The van der Waals surface area contributed by atoms with Crippen molar-refractivity contribution in [2.24, 2.45) is 5.92 Å².